The molecule has 2 aromatic carbocycles. The maximum Gasteiger partial charge on any atom is 0.311 e. The van der Waals surface area contributed by atoms with E-state index in [1.807, 2.05) is 32.9 Å². The molecule has 0 saturated carbocycles. The Labute approximate surface area is 188 Å². The highest BCUT2D eigenvalue weighted by Crippen LogP contribution is 2.29. The second kappa shape index (κ2) is 9.18. The van der Waals surface area contributed by atoms with Crippen molar-refractivity contribution >= 4 is 56.7 Å². The lowest BCUT2D eigenvalue weighted by Gasteiger charge is -2.17. The molecule has 3 rings (SSSR count). The number of anilines is 2. The van der Waals surface area contributed by atoms with Crippen LogP contribution in [0.15, 0.2) is 34.8 Å². The number of nitrogens with zero attached hydrogens (tertiary/aromatic N) is 1. The fraction of sp³-hybridized carbons (Fsp3) is 0.318. The van der Waals surface area contributed by atoms with E-state index in [0.29, 0.717) is 16.4 Å². The van der Waals surface area contributed by atoms with Gasteiger partial charge in [-0.15, -0.1) is 0 Å². The molecule has 1 aliphatic rings. The largest absolute Gasteiger partial charge is 0.455 e. The molecule has 158 valence electrons. The Balaban J connectivity index is 1.56. The van der Waals surface area contributed by atoms with Crippen LogP contribution in [0.2, 0.25) is 5.02 Å². The van der Waals surface area contributed by atoms with Crippen LogP contribution in [0.4, 0.5) is 11.4 Å². The van der Waals surface area contributed by atoms with Crippen molar-refractivity contribution in [2.24, 2.45) is 5.92 Å². The molecule has 8 heteroatoms. The van der Waals surface area contributed by atoms with Gasteiger partial charge in [0, 0.05) is 33.8 Å². The third-order valence-corrected chi connectivity index (χ3v) is 6.53. The number of ether oxygens (including phenoxy) is 1. The van der Waals surface area contributed by atoms with Gasteiger partial charge in [0.05, 0.1) is 5.92 Å². The highest BCUT2D eigenvalue weighted by atomic mass is 79.9. The van der Waals surface area contributed by atoms with Crippen LogP contribution in [0.25, 0.3) is 0 Å². The first-order chi connectivity index (χ1) is 14.2. The summed E-state index contributed by atoms with van der Waals surface area (Å²) < 4.78 is 6.12. The van der Waals surface area contributed by atoms with E-state index in [-0.39, 0.29) is 18.9 Å². The molecule has 0 aliphatic carbocycles. The Morgan fingerprint density at radius 1 is 1.20 bits per heavy atom. The van der Waals surface area contributed by atoms with Crippen molar-refractivity contribution in [3.8, 4) is 0 Å². The zero-order valence-corrected chi connectivity index (χ0v) is 19.3. The van der Waals surface area contributed by atoms with Crippen LogP contribution < -0.4 is 10.2 Å². The van der Waals surface area contributed by atoms with Gasteiger partial charge < -0.3 is 15.0 Å². The Kier molecular flexibility index (Phi) is 6.83. The van der Waals surface area contributed by atoms with Gasteiger partial charge in [0.25, 0.3) is 5.91 Å². The summed E-state index contributed by atoms with van der Waals surface area (Å²) in [6, 6.07) is 8.96. The molecule has 0 spiro atoms. The molecule has 0 unspecified atom stereocenters. The van der Waals surface area contributed by atoms with Crippen molar-refractivity contribution in [2.45, 2.75) is 27.2 Å². The third-order valence-electron chi connectivity index (χ3n) is 5.27. The average molecular weight is 494 g/mol. The number of amides is 2. The van der Waals surface area contributed by atoms with E-state index in [1.165, 1.54) is 4.90 Å². The minimum absolute atomic E-state index is 0.0387. The first kappa shape index (κ1) is 22.3. The predicted molar refractivity (Wildman–Crippen MR) is 120 cm³/mol. The topological polar surface area (TPSA) is 75.7 Å². The van der Waals surface area contributed by atoms with Gasteiger partial charge in [0.1, 0.15) is 0 Å². The first-order valence-electron chi connectivity index (χ1n) is 9.46. The van der Waals surface area contributed by atoms with Gasteiger partial charge in [0.2, 0.25) is 5.91 Å². The van der Waals surface area contributed by atoms with Crippen LogP contribution in [0.5, 0.6) is 0 Å². The van der Waals surface area contributed by atoms with Crippen LogP contribution >= 0.6 is 27.5 Å². The summed E-state index contributed by atoms with van der Waals surface area (Å²) in [5.74, 6) is -1.80. The van der Waals surface area contributed by atoms with E-state index >= 15 is 0 Å². The molecule has 1 heterocycles. The number of carbonyl (C=O) groups is 3. The van der Waals surface area contributed by atoms with Crippen molar-refractivity contribution in [3.05, 3.63) is 56.5 Å². The number of rotatable bonds is 5. The lowest BCUT2D eigenvalue weighted by atomic mass is 10.1. The Bertz CT molecular complexity index is 1020. The minimum atomic E-state index is -0.623. The predicted octanol–water partition coefficient (Wildman–Crippen LogP) is 4.56. The zero-order valence-electron chi connectivity index (χ0n) is 16.9. The van der Waals surface area contributed by atoms with Gasteiger partial charge in [0.15, 0.2) is 6.61 Å². The maximum atomic E-state index is 12.4. The standard InChI is InChI=1S/C22H22BrClN2O4/c1-12-4-5-16(9-18(12)24)26-10-15(8-21(26)28)22(29)30-11-20(27)25-19-7-6-17(23)13(2)14(19)3/h4-7,9,15H,8,10-11H2,1-3H3,(H,25,27)/t15-/m1/s1. The summed E-state index contributed by atoms with van der Waals surface area (Å²) in [6.07, 6.45) is 0.0387. The molecular formula is C22H22BrClN2O4. The molecular weight excluding hydrogens is 472 g/mol. The fourth-order valence-electron chi connectivity index (χ4n) is 3.23. The van der Waals surface area contributed by atoms with E-state index < -0.39 is 24.4 Å². The molecule has 1 saturated heterocycles. The van der Waals surface area contributed by atoms with Gasteiger partial charge in [-0.3, -0.25) is 14.4 Å². The fourth-order valence-corrected chi connectivity index (χ4v) is 3.83. The highest BCUT2D eigenvalue weighted by Gasteiger charge is 2.36. The SMILES string of the molecule is Cc1ccc(N2C[C@H](C(=O)OCC(=O)Nc3ccc(Br)c(C)c3C)CC2=O)cc1Cl. The molecule has 6 nitrogen and oxygen atoms in total. The summed E-state index contributed by atoms with van der Waals surface area (Å²) >= 11 is 9.59. The van der Waals surface area contributed by atoms with Crippen molar-refractivity contribution in [2.75, 3.05) is 23.4 Å². The first-order valence-corrected chi connectivity index (χ1v) is 10.6. The van der Waals surface area contributed by atoms with Crippen LogP contribution in [-0.4, -0.2) is 30.9 Å². The molecule has 2 amide bonds. The minimum Gasteiger partial charge on any atom is -0.455 e. The molecule has 30 heavy (non-hydrogen) atoms. The summed E-state index contributed by atoms with van der Waals surface area (Å²) in [5, 5.41) is 3.31. The number of halogens is 2. The lowest BCUT2D eigenvalue weighted by molar-refractivity contribution is -0.151. The molecule has 0 aromatic heterocycles. The van der Waals surface area contributed by atoms with Gasteiger partial charge in [-0.05, 0) is 61.7 Å². The number of hydrogen-bond donors (Lipinski definition) is 1. The number of nitrogens with one attached hydrogen (secondary N) is 1. The Morgan fingerprint density at radius 3 is 2.63 bits per heavy atom. The molecule has 0 bridgehead atoms. The number of aryl methyl sites for hydroxylation is 1. The molecule has 1 fully saturated rings. The molecule has 2 aromatic rings. The van der Waals surface area contributed by atoms with Gasteiger partial charge in [-0.2, -0.15) is 0 Å². The number of carbonyl (C=O) groups excluding carboxylic acids is 3. The van der Waals surface area contributed by atoms with Gasteiger partial charge >= 0.3 is 5.97 Å². The van der Waals surface area contributed by atoms with E-state index in [9.17, 15) is 14.4 Å². The number of hydrogen-bond acceptors (Lipinski definition) is 4. The average Bonchev–Trinajstić information content (AvgIpc) is 3.10. The van der Waals surface area contributed by atoms with Crippen LogP contribution in [0, 0.1) is 26.7 Å². The summed E-state index contributed by atoms with van der Waals surface area (Å²) in [5.41, 5.74) is 4.16. The normalized spacial score (nSPS) is 16.0. The third kappa shape index (κ3) is 4.84. The van der Waals surface area contributed by atoms with Crippen molar-refractivity contribution < 1.29 is 19.1 Å². The van der Waals surface area contributed by atoms with E-state index in [0.717, 1.165) is 21.2 Å². The molecule has 1 aliphatic heterocycles. The monoisotopic (exact) mass is 492 g/mol. The molecule has 1 atom stereocenters. The quantitative estimate of drug-likeness (QED) is 0.620. The smallest absolute Gasteiger partial charge is 0.311 e. The van der Waals surface area contributed by atoms with E-state index in [2.05, 4.69) is 21.2 Å². The number of benzene rings is 2. The lowest BCUT2D eigenvalue weighted by Crippen LogP contribution is -2.28. The second-order valence-electron chi connectivity index (χ2n) is 7.34. The zero-order chi connectivity index (χ0) is 22.0. The molecule has 0 radical (unpaired) electrons. The van der Waals surface area contributed by atoms with E-state index in [1.54, 1.807) is 18.2 Å². The maximum absolute atomic E-state index is 12.4. The highest BCUT2D eigenvalue weighted by molar-refractivity contribution is 9.10. The number of esters is 1. The Morgan fingerprint density at radius 2 is 1.93 bits per heavy atom. The Hall–Kier alpha value is -2.38. The summed E-state index contributed by atoms with van der Waals surface area (Å²) in [7, 11) is 0. The van der Waals surface area contributed by atoms with Crippen LogP contribution in [-0.2, 0) is 19.1 Å². The second-order valence-corrected chi connectivity index (χ2v) is 8.60. The van der Waals surface area contributed by atoms with Crippen molar-refractivity contribution in [1.29, 1.82) is 0 Å². The summed E-state index contributed by atoms with van der Waals surface area (Å²) in [6.45, 7) is 5.51. The van der Waals surface area contributed by atoms with Crippen LogP contribution in [0.3, 0.4) is 0 Å². The van der Waals surface area contributed by atoms with Crippen LogP contribution in [0.1, 0.15) is 23.1 Å². The summed E-state index contributed by atoms with van der Waals surface area (Å²) in [4.78, 5) is 38.5. The van der Waals surface area contributed by atoms with E-state index in [4.69, 9.17) is 16.3 Å². The van der Waals surface area contributed by atoms with Gasteiger partial charge in [-0.25, -0.2) is 0 Å². The molecule has 1 N–H and O–H groups in total. The van der Waals surface area contributed by atoms with Crippen molar-refractivity contribution in [1.82, 2.24) is 0 Å². The van der Waals surface area contributed by atoms with Gasteiger partial charge in [-0.1, -0.05) is 33.6 Å². The van der Waals surface area contributed by atoms with Crippen molar-refractivity contribution in [3.63, 3.8) is 0 Å².